The summed E-state index contributed by atoms with van der Waals surface area (Å²) in [7, 11) is 2.00. The highest BCUT2D eigenvalue weighted by atomic mass is 16.5. The Kier molecular flexibility index (Phi) is 5.61. The van der Waals surface area contributed by atoms with Gasteiger partial charge < -0.3 is 10.1 Å². The topological polar surface area (TPSA) is 39.1 Å². The second-order valence-corrected chi connectivity index (χ2v) is 6.01. The first-order valence-electron chi connectivity index (χ1n) is 7.94. The zero-order valence-electron chi connectivity index (χ0n) is 13.4. The first kappa shape index (κ1) is 15.5. The molecule has 0 aromatic carbocycles. The van der Waals surface area contributed by atoms with E-state index in [0.29, 0.717) is 12.1 Å². The number of ether oxygens (including phenoxy) is 1. The van der Waals surface area contributed by atoms with Gasteiger partial charge in [0.25, 0.3) is 0 Å². The molecule has 0 saturated heterocycles. The van der Waals surface area contributed by atoms with Crippen molar-refractivity contribution in [1.29, 1.82) is 0 Å². The molecule has 0 bridgehead atoms. The van der Waals surface area contributed by atoms with Crippen molar-refractivity contribution in [3.05, 3.63) is 17.0 Å². The lowest BCUT2D eigenvalue weighted by molar-refractivity contribution is 0.0295. The number of hydrogen-bond acceptors (Lipinski definition) is 3. The normalized spacial score (nSPS) is 18.4. The molecule has 1 aromatic heterocycles. The van der Waals surface area contributed by atoms with Crippen LogP contribution in [0.2, 0.25) is 0 Å². The van der Waals surface area contributed by atoms with E-state index in [0.717, 1.165) is 18.8 Å². The minimum Gasteiger partial charge on any atom is -0.377 e. The Labute approximate surface area is 122 Å². The first-order valence-corrected chi connectivity index (χ1v) is 7.94. The molecule has 114 valence electrons. The Morgan fingerprint density at radius 1 is 1.30 bits per heavy atom. The van der Waals surface area contributed by atoms with Crippen LogP contribution in [-0.2, 0) is 11.8 Å². The summed E-state index contributed by atoms with van der Waals surface area (Å²) in [6, 6.07) is 0.332. The zero-order chi connectivity index (χ0) is 14.5. The Morgan fingerprint density at radius 3 is 2.60 bits per heavy atom. The Hall–Kier alpha value is -0.870. The van der Waals surface area contributed by atoms with E-state index < -0.39 is 0 Å². The maximum absolute atomic E-state index is 5.95. The lowest BCUT2D eigenvalue weighted by atomic mass is 9.98. The van der Waals surface area contributed by atoms with E-state index in [-0.39, 0.29) is 0 Å². The van der Waals surface area contributed by atoms with Crippen LogP contribution in [0.3, 0.4) is 0 Å². The molecule has 1 aromatic rings. The Morgan fingerprint density at radius 2 is 2.00 bits per heavy atom. The van der Waals surface area contributed by atoms with Crippen LogP contribution in [0.5, 0.6) is 0 Å². The van der Waals surface area contributed by atoms with Crippen molar-refractivity contribution in [2.24, 2.45) is 7.05 Å². The number of aryl methyl sites for hydroxylation is 2. The third-order valence-corrected chi connectivity index (χ3v) is 4.46. The molecule has 0 spiro atoms. The molecule has 4 heteroatoms. The summed E-state index contributed by atoms with van der Waals surface area (Å²) in [4.78, 5) is 0. The van der Waals surface area contributed by atoms with Crippen LogP contribution in [0.25, 0.3) is 0 Å². The molecule has 4 nitrogen and oxygen atoms in total. The van der Waals surface area contributed by atoms with Gasteiger partial charge in [-0.15, -0.1) is 0 Å². The van der Waals surface area contributed by atoms with E-state index in [4.69, 9.17) is 4.74 Å². The molecular formula is C16H29N3O. The minimum absolute atomic E-state index is 0.332. The molecule has 0 radical (unpaired) electrons. The van der Waals surface area contributed by atoms with Gasteiger partial charge in [0.1, 0.15) is 0 Å². The molecule has 1 aliphatic carbocycles. The van der Waals surface area contributed by atoms with E-state index in [1.807, 2.05) is 11.7 Å². The second kappa shape index (κ2) is 7.23. The van der Waals surface area contributed by atoms with Gasteiger partial charge in [-0.25, -0.2) is 0 Å². The van der Waals surface area contributed by atoms with E-state index >= 15 is 0 Å². The predicted octanol–water partition coefficient (Wildman–Crippen LogP) is 3.04. The van der Waals surface area contributed by atoms with Crippen LogP contribution in [0.4, 0.5) is 0 Å². The maximum Gasteiger partial charge on any atom is 0.0644 e. The number of nitrogens with zero attached hydrogens (tertiary/aromatic N) is 2. The van der Waals surface area contributed by atoms with Gasteiger partial charge >= 0.3 is 0 Å². The average molecular weight is 279 g/mol. The highest BCUT2D eigenvalue weighted by Gasteiger charge is 2.16. The minimum atomic E-state index is 0.332. The Bertz CT molecular complexity index is 422. The predicted molar refractivity (Wildman–Crippen MR) is 81.9 cm³/mol. The van der Waals surface area contributed by atoms with Gasteiger partial charge in [0.2, 0.25) is 0 Å². The van der Waals surface area contributed by atoms with Crippen molar-refractivity contribution < 1.29 is 4.74 Å². The maximum atomic E-state index is 5.95. The van der Waals surface area contributed by atoms with Crippen LogP contribution < -0.4 is 5.32 Å². The number of nitrogens with one attached hydrogen (secondary N) is 1. The van der Waals surface area contributed by atoms with E-state index in [2.05, 4.69) is 31.2 Å². The summed E-state index contributed by atoms with van der Waals surface area (Å²) in [6.07, 6.45) is 7.05. The van der Waals surface area contributed by atoms with Crippen molar-refractivity contribution in [1.82, 2.24) is 15.1 Å². The summed E-state index contributed by atoms with van der Waals surface area (Å²) < 4.78 is 7.91. The van der Waals surface area contributed by atoms with Crippen molar-refractivity contribution in [3.63, 3.8) is 0 Å². The molecule has 1 unspecified atom stereocenters. The summed E-state index contributed by atoms with van der Waals surface area (Å²) in [6.45, 7) is 8.14. The quantitative estimate of drug-likeness (QED) is 0.814. The molecule has 1 atom stereocenters. The average Bonchev–Trinajstić information content (AvgIpc) is 2.69. The highest BCUT2D eigenvalue weighted by molar-refractivity contribution is 5.27. The number of rotatable bonds is 6. The van der Waals surface area contributed by atoms with Crippen LogP contribution in [0.1, 0.15) is 62.0 Å². The van der Waals surface area contributed by atoms with Crippen LogP contribution in [0, 0.1) is 13.8 Å². The summed E-state index contributed by atoms with van der Waals surface area (Å²) in [5.41, 5.74) is 3.69. The third-order valence-electron chi connectivity index (χ3n) is 4.46. The molecule has 1 N–H and O–H groups in total. The lowest BCUT2D eigenvalue weighted by Gasteiger charge is -2.22. The van der Waals surface area contributed by atoms with Gasteiger partial charge in [0, 0.05) is 30.9 Å². The fourth-order valence-electron chi connectivity index (χ4n) is 3.25. The van der Waals surface area contributed by atoms with Gasteiger partial charge in [-0.1, -0.05) is 19.3 Å². The van der Waals surface area contributed by atoms with Gasteiger partial charge in [-0.2, -0.15) is 5.10 Å². The van der Waals surface area contributed by atoms with Gasteiger partial charge in [0.05, 0.1) is 18.4 Å². The summed E-state index contributed by atoms with van der Waals surface area (Å²) >= 11 is 0. The smallest absolute Gasteiger partial charge is 0.0644 e. The van der Waals surface area contributed by atoms with Gasteiger partial charge in [-0.05, 0) is 33.6 Å². The summed E-state index contributed by atoms with van der Waals surface area (Å²) in [5.74, 6) is 0. The largest absolute Gasteiger partial charge is 0.377 e. The van der Waals surface area contributed by atoms with E-state index in [9.17, 15) is 0 Å². The van der Waals surface area contributed by atoms with E-state index in [1.54, 1.807) is 0 Å². The first-order chi connectivity index (χ1) is 9.59. The fraction of sp³-hybridized carbons (Fsp3) is 0.812. The molecule has 1 saturated carbocycles. The van der Waals surface area contributed by atoms with Crippen molar-refractivity contribution in [3.8, 4) is 0 Å². The molecule has 1 fully saturated rings. The standard InChI is InChI=1S/C16H29N3O/c1-12(16-13(2)18-19(4)14(16)3)17-10-11-20-15-8-6-5-7-9-15/h12,15,17H,5-11H2,1-4H3. The van der Waals surface area contributed by atoms with Gasteiger partial charge in [0.15, 0.2) is 0 Å². The number of hydrogen-bond donors (Lipinski definition) is 1. The second-order valence-electron chi connectivity index (χ2n) is 6.01. The van der Waals surface area contributed by atoms with Gasteiger partial charge in [-0.3, -0.25) is 4.68 Å². The van der Waals surface area contributed by atoms with E-state index in [1.165, 1.54) is 43.4 Å². The number of aromatic nitrogens is 2. The fourth-order valence-corrected chi connectivity index (χ4v) is 3.25. The van der Waals surface area contributed by atoms with Crippen molar-refractivity contribution in [2.45, 2.75) is 65.0 Å². The summed E-state index contributed by atoms with van der Waals surface area (Å²) in [5, 5.41) is 8.03. The zero-order valence-corrected chi connectivity index (χ0v) is 13.4. The molecule has 0 aliphatic heterocycles. The van der Waals surface area contributed by atoms with Crippen LogP contribution in [-0.4, -0.2) is 29.0 Å². The molecule has 0 amide bonds. The molecule has 20 heavy (non-hydrogen) atoms. The lowest BCUT2D eigenvalue weighted by Crippen LogP contribution is -2.27. The highest BCUT2D eigenvalue weighted by Crippen LogP contribution is 2.21. The SMILES string of the molecule is Cc1nn(C)c(C)c1C(C)NCCOC1CCCCC1. The Balaban J connectivity index is 1.73. The van der Waals surface area contributed by atoms with Crippen LogP contribution >= 0.6 is 0 Å². The molecule has 1 heterocycles. The molecule has 2 rings (SSSR count). The van der Waals surface area contributed by atoms with Crippen molar-refractivity contribution >= 4 is 0 Å². The third kappa shape index (κ3) is 3.83. The molecular weight excluding hydrogens is 250 g/mol. The van der Waals surface area contributed by atoms with Crippen molar-refractivity contribution in [2.75, 3.05) is 13.2 Å². The monoisotopic (exact) mass is 279 g/mol. The molecule has 1 aliphatic rings. The van der Waals surface area contributed by atoms with Crippen LogP contribution in [0.15, 0.2) is 0 Å².